The summed E-state index contributed by atoms with van der Waals surface area (Å²) in [5, 5.41) is 2.03. The average molecular weight is 329 g/mol. The predicted molar refractivity (Wildman–Crippen MR) is 86.5 cm³/mol. The molecule has 0 bridgehead atoms. The van der Waals surface area contributed by atoms with Gasteiger partial charge in [-0.25, -0.2) is 0 Å². The fraction of sp³-hybridized carbons (Fsp3) is 0.357. The third-order valence-corrected chi connectivity index (χ3v) is 4.94. The molecule has 108 valence electrons. The van der Waals surface area contributed by atoms with Gasteiger partial charge < -0.3 is 4.90 Å². The monoisotopic (exact) mass is 328 g/mol. The summed E-state index contributed by atoms with van der Waals surface area (Å²) in [4.78, 5) is 18.3. The van der Waals surface area contributed by atoms with E-state index in [2.05, 4.69) is 0 Å². The molecule has 20 heavy (non-hydrogen) atoms. The molecule has 0 unspecified atom stereocenters. The SMILES string of the molecule is CN(CC(=O)N(C)Cc1cccs1)Cc1ccc(Cl)s1. The zero-order valence-electron chi connectivity index (χ0n) is 11.5. The maximum Gasteiger partial charge on any atom is 0.236 e. The van der Waals surface area contributed by atoms with Gasteiger partial charge >= 0.3 is 0 Å². The zero-order chi connectivity index (χ0) is 14.5. The first-order valence-corrected chi connectivity index (χ1v) is 8.31. The smallest absolute Gasteiger partial charge is 0.236 e. The largest absolute Gasteiger partial charge is 0.340 e. The lowest BCUT2D eigenvalue weighted by Crippen LogP contribution is -2.35. The first kappa shape index (κ1) is 15.5. The molecule has 0 fully saturated rings. The summed E-state index contributed by atoms with van der Waals surface area (Å²) >= 11 is 9.13. The Bertz CT molecular complexity index is 553. The number of thiophene rings is 2. The van der Waals surface area contributed by atoms with E-state index in [1.165, 1.54) is 9.75 Å². The van der Waals surface area contributed by atoms with Crippen LogP contribution in [0.1, 0.15) is 9.75 Å². The fourth-order valence-corrected chi connectivity index (χ4v) is 3.76. The molecule has 0 radical (unpaired) electrons. The standard InChI is InChI=1S/C14H17ClN2OS2/c1-16(8-12-5-6-13(15)20-12)10-14(18)17(2)9-11-4-3-7-19-11/h3-7H,8-10H2,1-2H3. The van der Waals surface area contributed by atoms with Gasteiger partial charge in [-0.05, 0) is 30.6 Å². The highest BCUT2D eigenvalue weighted by atomic mass is 35.5. The van der Waals surface area contributed by atoms with Crippen LogP contribution in [-0.2, 0) is 17.9 Å². The molecule has 6 heteroatoms. The molecule has 0 aliphatic rings. The van der Waals surface area contributed by atoms with Crippen molar-refractivity contribution in [1.82, 2.24) is 9.80 Å². The number of halogens is 1. The van der Waals surface area contributed by atoms with E-state index in [0.717, 1.165) is 10.9 Å². The molecule has 0 aromatic carbocycles. The van der Waals surface area contributed by atoms with Crippen LogP contribution < -0.4 is 0 Å². The third kappa shape index (κ3) is 4.59. The number of hydrogen-bond acceptors (Lipinski definition) is 4. The van der Waals surface area contributed by atoms with E-state index in [-0.39, 0.29) is 5.91 Å². The second-order valence-corrected chi connectivity index (χ2v) is 7.54. The first-order valence-electron chi connectivity index (χ1n) is 6.23. The average Bonchev–Trinajstić information content (AvgIpc) is 3.01. The molecule has 0 atom stereocenters. The molecule has 3 nitrogen and oxygen atoms in total. The molecular weight excluding hydrogens is 312 g/mol. The van der Waals surface area contributed by atoms with Crippen LogP contribution >= 0.6 is 34.3 Å². The highest BCUT2D eigenvalue weighted by Gasteiger charge is 2.13. The van der Waals surface area contributed by atoms with Gasteiger partial charge in [0.25, 0.3) is 0 Å². The second kappa shape index (κ2) is 7.22. The van der Waals surface area contributed by atoms with E-state index in [1.807, 2.05) is 48.6 Å². The summed E-state index contributed by atoms with van der Waals surface area (Å²) in [6.07, 6.45) is 0. The van der Waals surface area contributed by atoms with E-state index in [1.54, 1.807) is 27.6 Å². The fourth-order valence-electron chi connectivity index (χ4n) is 1.83. The van der Waals surface area contributed by atoms with Crippen molar-refractivity contribution in [2.75, 3.05) is 20.6 Å². The molecule has 0 spiro atoms. The summed E-state index contributed by atoms with van der Waals surface area (Å²) < 4.78 is 0.787. The van der Waals surface area contributed by atoms with Crippen LogP contribution in [0.25, 0.3) is 0 Å². The van der Waals surface area contributed by atoms with Crippen molar-refractivity contribution in [2.24, 2.45) is 0 Å². The Kier molecular flexibility index (Phi) is 5.60. The molecule has 2 heterocycles. The van der Waals surface area contributed by atoms with Gasteiger partial charge in [0.2, 0.25) is 5.91 Å². The molecule has 0 aliphatic carbocycles. The maximum atomic E-state index is 12.1. The van der Waals surface area contributed by atoms with Crippen molar-refractivity contribution in [3.8, 4) is 0 Å². The van der Waals surface area contributed by atoms with Crippen molar-refractivity contribution in [1.29, 1.82) is 0 Å². The molecule has 0 saturated carbocycles. The Balaban J connectivity index is 1.81. The second-order valence-electron chi connectivity index (χ2n) is 4.71. The van der Waals surface area contributed by atoms with Crippen LogP contribution in [0, 0.1) is 0 Å². The summed E-state index contributed by atoms with van der Waals surface area (Å²) in [7, 11) is 3.79. The summed E-state index contributed by atoms with van der Waals surface area (Å²) in [6.45, 7) is 1.84. The lowest BCUT2D eigenvalue weighted by atomic mass is 10.4. The van der Waals surface area contributed by atoms with Crippen LogP contribution in [0.3, 0.4) is 0 Å². The summed E-state index contributed by atoms with van der Waals surface area (Å²) in [5.41, 5.74) is 0. The van der Waals surface area contributed by atoms with Crippen LogP contribution in [-0.4, -0.2) is 36.3 Å². The van der Waals surface area contributed by atoms with Crippen LogP contribution in [0.2, 0.25) is 4.34 Å². The third-order valence-electron chi connectivity index (χ3n) is 2.86. The Hall–Kier alpha value is -0.880. The van der Waals surface area contributed by atoms with E-state index in [9.17, 15) is 4.79 Å². The normalized spacial score (nSPS) is 11.0. The lowest BCUT2D eigenvalue weighted by Gasteiger charge is -2.21. The minimum Gasteiger partial charge on any atom is -0.340 e. The summed E-state index contributed by atoms with van der Waals surface area (Å²) in [6, 6.07) is 7.94. The first-order chi connectivity index (χ1) is 9.54. The van der Waals surface area contributed by atoms with Gasteiger partial charge in [-0.15, -0.1) is 22.7 Å². The van der Waals surface area contributed by atoms with E-state index >= 15 is 0 Å². The maximum absolute atomic E-state index is 12.1. The van der Waals surface area contributed by atoms with Crippen LogP contribution in [0.4, 0.5) is 0 Å². The number of amides is 1. The van der Waals surface area contributed by atoms with Crippen molar-refractivity contribution in [3.05, 3.63) is 43.7 Å². The Labute approximate surface area is 132 Å². The van der Waals surface area contributed by atoms with Crippen molar-refractivity contribution >= 4 is 40.2 Å². The van der Waals surface area contributed by atoms with Crippen molar-refractivity contribution in [2.45, 2.75) is 13.1 Å². The highest BCUT2D eigenvalue weighted by Crippen LogP contribution is 2.22. The van der Waals surface area contributed by atoms with Crippen molar-refractivity contribution < 1.29 is 4.79 Å². The number of carbonyl (C=O) groups is 1. The van der Waals surface area contributed by atoms with E-state index < -0.39 is 0 Å². The number of hydrogen-bond donors (Lipinski definition) is 0. The Morgan fingerprint density at radius 3 is 2.60 bits per heavy atom. The Morgan fingerprint density at radius 1 is 1.20 bits per heavy atom. The van der Waals surface area contributed by atoms with Gasteiger partial charge in [-0.2, -0.15) is 0 Å². The van der Waals surface area contributed by atoms with Crippen LogP contribution in [0.5, 0.6) is 0 Å². The number of carbonyl (C=O) groups excluding carboxylic acids is 1. The molecule has 0 aliphatic heterocycles. The molecule has 1 amide bonds. The zero-order valence-corrected chi connectivity index (χ0v) is 13.9. The number of rotatable bonds is 6. The minimum atomic E-state index is 0.128. The van der Waals surface area contributed by atoms with Gasteiger partial charge in [0, 0.05) is 23.3 Å². The predicted octanol–water partition coefficient (Wildman–Crippen LogP) is 3.55. The topological polar surface area (TPSA) is 23.6 Å². The minimum absolute atomic E-state index is 0.128. The lowest BCUT2D eigenvalue weighted by molar-refractivity contribution is -0.131. The molecule has 2 aromatic rings. The van der Waals surface area contributed by atoms with Crippen molar-refractivity contribution in [3.63, 3.8) is 0 Å². The molecule has 2 rings (SSSR count). The number of likely N-dealkylation sites (N-methyl/N-ethyl adjacent to an activating group) is 2. The summed E-state index contributed by atoms with van der Waals surface area (Å²) in [5.74, 6) is 0.128. The number of nitrogens with zero attached hydrogens (tertiary/aromatic N) is 2. The highest BCUT2D eigenvalue weighted by molar-refractivity contribution is 7.16. The van der Waals surface area contributed by atoms with Gasteiger partial charge in [0.1, 0.15) is 0 Å². The van der Waals surface area contributed by atoms with Gasteiger partial charge in [-0.1, -0.05) is 17.7 Å². The van der Waals surface area contributed by atoms with Gasteiger partial charge in [0.05, 0.1) is 17.4 Å². The van der Waals surface area contributed by atoms with E-state index in [4.69, 9.17) is 11.6 Å². The Morgan fingerprint density at radius 2 is 2.00 bits per heavy atom. The molecule has 2 aromatic heterocycles. The molecule has 0 saturated heterocycles. The molecular formula is C14H17ClN2OS2. The van der Waals surface area contributed by atoms with E-state index in [0.29, 0.717) is 13.1 Å². The van der Waals surface area contributed by atoms with Gasteiger partial charge in [-0.3, -0.25) is 9.69 Å². The van der Waals surface area contributed by atoms with Crippen LogP contribution in [0.15, 0.2) is 29.6 Å². The quantitative estimate of drug-likeness (QED) is 0.809. The molecule has 0 N–H and O–H groups in total. The van der Waals surface area contributed by atoms with Gasteiger partial charge in [0.15, 0.2) is 0 Å².